The maximum atomic E-state index is 11.8. The van der Waals surface area contributed by atoms with E-state index in [0.717, 1.165) is 6.42 Å². The second-order valence-electron chi connectivity index (χ2n) is 4.38. The number of unbranched alkanes of at least 4 members (excludes halogenated alkanes) is 1. The van der Waals surface area contributed by atoms with Crippen LogP contribution in [-0.4, -0.2) is 23.1 Å². The molecule has 0 spiro atoms. The molecule has 2 amide bonds. The molecular weight excluding hydrogens is 339 g/mol. The van der Waals surface area contributed by atoms with Crippen molar-refractivity contribution in [2.75, 3.05) is 5.32 Å². The highest BCUT2D eigenvalue weighted by atomic mass is 35.5. The fraction of sp³-hybridized carbons (Fsp3) is 0.385. The van der Waals surface area contributed by atoms with E-state index in [4.69, 9.17) is 39.9 Å². The molecule has 0 aliphatic carbocycles. The highest BCUT2D eigenvalue weighted by Gasteiger charge is 2.20. The normalized spacial score (nSPS) is 11.8. The van der Waals surface area contributed by atoms with Crippen molar-refractivity contribution in [1.29, 1.82) is 0 Å². The Kier molecular flexibility index (Phi) is 7.08. The van der Waals surface area contributed by atoms with Gasteiger partial charge in [0.1, 0.15) is 6.04 Å². The number of halogens is 3. The van der Waals surface area contributed by atoms with Crippen LogP contribution >= 0.6 is 34.8 Å². The van der Waals surface area contributed by atoms with Crippen molar-refractivity contribution in [3.63, 3.8) is 0 Å². The van der Waals surface area contributed by atoms with Crippen LogP contribution in [0.25, 0.3) is 0 Å². The molecule has 3 N–H and O–H groups in total. The molecule has 5 nitrogen and oxygen atoms in total. The summed E-state index contributed by atoms with van der Waals surface area (Å²) in [7, 11) is 0. The fourth-order valence-electron chi connectivity index (χ4n) is 1.64. The van der Waals surface area contributed by atoms with Gasteiger partial charge >= 0.3 is 12.0 Å². The first-order valence-electron chi connectivity index (χ1n) is 6.30. The molecule has 1 atom stereocenters. The third kappa shape index (κ3) is 5.61. The molecule has 0 saturated carbocycles. The number of carbonyl (C=O) groups excluding carboxylic acids is 1. The summed E-state index contributed by atoms with van der Waals surface area (Å²) in [6.45, 7) is 1.94. The van der Waals surface area contributed by atoms with Gasteiger partial charge in [0.25, 0.3) is 0 Å². The Bertz CT molecular complexity index is 514. The van der Waals surface area contributed by atoms with E-state index in [-0.39, 0.29) is 15.7 Å². The Morgan fingerprint density at radius 2 is 1.81 bits per heavy atom. The van der Waals surface area contributed by atoms with Gasteiger partial charge in [-0.25, -0.2) is 9.59 Å². The molecule has 0 aliphatic rings. The number of carboxylic acid groups (broad SMARTS) is 1. The molecule has 21 heavy (non-hydrogen) atoms. The minimum absolute atomic E-state index is 0.170. The van der Waals surface area contributed by atoms with Gasteiger partial charge in [-0.3, -0.25) is 0 Å². The van der Waals surface area contributed by atoms with Crippen molar-refractivity contribution in [1.82, 2.24) is 5.32 Å². The monoisotopic (exact) mass is 352 g/mol. The molecule has 116 valence electrons. The van der Waals surface area contributed by atoms with E-state index in [2.05, 4.69) is 10.6 Å². The summed E-state index contributed by atoms with van der Waals surface area (Å²) < 4.78 is 0. The summed E-state index contributed by atoms with van der Waals surface area (Å²) in [6, 6.07) is 1.20. The van der Waals surface area contributed by atoms with Gasteiger partial charge in [0, 0.05) is 5.02 Å². The molecule has 0 bridgehead atoms. The predicted molar refractivity (Wildman–Crippen MR) is 84.6 cm³/mol. The smallest absolute Gasteiger partial charge is 0.326 e. The predicted octanol–water partition coefficient (Wildman–Crippen LogP) is 4.41. The molecule has 0 heterocycles. The molecule has 0 unspecified atom stereocenters. The largest absolute Gasteiger partial charge is 0.480 e. The Labute approximate surface area is 137 Å². The highest BCUT2D eigenvalue weighted by Crippen LogP contribution is 2.33. The van der Waals surface area contributed by atoms with E-state index in [9.17, 15) is 9.59 Å². The van der Waals surface area contributed by atoms with Crippen molar-refractivity contribution >= 4 is 52.5 Å². The zero-order valence-corrected chi connectivity index (χ0v) is 13.5. The lowest BCUT2D eigenvalue weighted by Crippen LogP contribution is -2.43. The van der Waals surface area contributed by atoms with Crippen molar-refractivity contribution in [3.05, 3.63) is 27.2 Å². The first-order chi connectivity index (χ1) is 9.85. The average molecular weight is 354 g/mol. The second-order valence-corrected chi connectivity index (χ2v) is 5.63. The standard InChI is InChI=1S/C13H15Cl3N2O3/c1-2-3-4-10(12(19)20)17-13(21)18-11-8(15)5-7(14)6-9(11)16/h5-6,10H,2-4H2,1H3,(H,19,20)(H2,17,18,21)/t10-/m0/s1. The van der Waals surface area contributed by atoms with Gasteiger partial charge in [-0.15, -0.1) is 0 Å². The number of rotatable bonds is 6. The fourth-order valence-corrected chi connectivity index (χ4v) is 2.55. The van der Waals surface area contributed by atoms with E-state index in [0.29, 0.717) is 17.9 Å². The number of anilines is 1. The van der Waals surface area contributed by atoms with Gasteiger partial charge in [0.05, 0.1) is 15.7 Å². The second kappa shape index (κ2) is 8.32. The number of aliphatic carboxylic acids is 1. The van der Waals surface area contributed by atoms with Crippen molar-refractivity contribution in [2.24, 2.45) is 0 Å². The van der Waals surface area contributed by atoms with Crippen molar-refractivity contribution in [2.45, 2.75) is 32.2 Å². The first-order valence-corrected chi connectivity index (χ1v) is 7.43. The van der Waals surface area contributed by atoms with E-state index >= 15 is 0 Å². The van der Waals surface area contributed by atoms with Gasteiger partial charge in [-0.1, -0.05) is 54.6 Å². The van der Waals surface area contributed by atoms with Crippen molar-refractivity contribution < 1.29 is 14.7 Å². The van der Waals surface area contributed by atoms with Crippen molar-refractivity contribution in [3.8, 4) is 0 Å². The van der Waals surface area contributed by atoms with E-state index in [1.807, 2.05) is 6.92 Å². The number of hydrogen-bond acceptors (Lipinski definition) is 2. The van der Waals surface area contributed by atoms with Crippen LogP contribution in [0.3, 0.4) is 0 Å². The zero-order valence-electron chi connectivity index (χ0n) is 11.3. The molecule has 0 aromatic heterocycles. The summed E-state index contributed by atoms with van der Waals surface area (Å²) in [5, 5.41) is 14.5. The van der Waals surface area contributed by atoms with Gasteiger partial charge in [-0.2, -0.15) is 0 Å². The Morgan fingerprint density at radius 1 is 1.24 bits per heavy atom. The van der Waals surface area contributed by atoms with E-state index in [1.54, 1.807) is 0 Å². The Balaban J connectivity index is 2.74. The minimum Gasteiger partial charge on any atom is -0.480 e. The van der Waals surface area contributed by atoms with Crippen LogP contribution in [0, 0.1) is 0 Å². The van der Waals surface area contributed by atoms with Gasteiger partial charge in [0.2, 0.25) is 0 Å². The number of benzene rings is 1. The Morgan fingerprint density at radius 3 is 2.29 bits per heavy atom. The first kappa shape index (κ1) is 17.9. The van der Waals surface area contributed by atoms with Crippen LogP contribution in [-0.2, 0) is 4.79 Å². The summed E-state index contributed by atoms with van der Waals surface area (Å²) in [6.07, 6.45) is 1.88. The molecule has 0 fully saturated rings. The summed E-state index contributed by atoms with van der Waals surface area (Å²) >= 11 is 17.6. The SMILES string of the molecule is CCCC[C@H](NC(=O)Nc1c(Cl)cc(Cl)cc1Cl)C(=O)O. The van der Waals surface area contributed by atoms with Crippen LogP contribution in [0.15, 0.2) is 12.1 Å². The molecule has 1 aromatic carbocycles. The number of amides is 2. The molecule has 8 heteroatoms. The van der Waals surface area contributed by atoms with Crippen LogP contribution in [0.1, 0.15) is 26.2 Å². The van der Waals surface area contributed by atoms with Crippen LogP contribution < -0.4 is 10.6 Å². The third-order valence-electron chi connectivity index (χ3n) is 2.70. The number of carboxylic acids is 1. The number of hydrogen-bond donors (Lipinski definition) is 3. The van der Waals surface area contributed by atoms with E-state index < -0.39 is 18.0 Å². The number of carbonyl (C=O) groups is 2. The lowest BCUT2D eigenvalue weighted by molar-refractivity contribution is -0.139. The molecular formula is C13H15Cl3N2O3. The molecule has 0 saturated heterocycles. The maximum Gasteiger partial charge on any atom is 0.326 e. The topological polar surface area (TPSA) is 78.4 Å². The van der Waals surface area contributed by atoms with Crippen LogP contribution in [0.4, 0.5) is 10.5 Å². The highest BCUT2D eigenvalue weighted by molar-refractivity contribution is 6.42. The summed E-state index contributed by atoms with van der Waals surface area (Å²) in [4.78, 5) is 22.9. The zero-order chi connectivity index (χ0) is 16.0. The molecule has 1 aromatic rings. The van der Waals surface area contributed by atoms with Gasteiger partial charge in [-0.05, 0) is 18.6 Å². The number of urea groups is 1. The van der Waals surface area contributed by atoms with Crippen LogP contribution in [0.2, 0.25) is 15.1 Å². The Hall–Kier alpha value is -1.17. The lowest BCUT2D eigenvalue weighted by atomic mass is 10.1. The average Bonchev–Trinajstić information content (AvgIpc) is 2.38. The summed E-state index contributed by atoms with van der Waals surface area (Å²) in [5.74, 6) is -1.09. The summed E-state index contributed by atoms with van der Waals surface area (Å²) in [5.41, 5.74) is 0.180. The van der Waals surface area contributed by atoms with E-state index in [1.165, 1.54) is 12.1 Å². The number of nitrogens with one attached hydrogen (secondary N) is 2. The van der Waals surface area contributed by atoms with Gasteiger partial charge < -0.3 is 15.7 Å². The minimum atomic E-state index is -1.09. The van der Waals surface area contributed by atoms with Gasteiger partial charge in [0.15, 0.2) is 0 Å². The van der Waals surface area contributed by atoms with Crippen LogP contribution in [0.5, 0.6) is 0 Å². The lowest BCUT2D eigenvalue weighted by Gasteiger charge is -2.16. The molecule has 0 radical (unpaired) electrons. The molecule has 1 rings (SSSR count). The maximum absolute atomic E-state index is 11.8. The third-order valence-corrected chi connectivity index (χ3v) is 3.51. The quantitative estimate of drug-likeness (QED) is 0.708. The molecule has 0 aliphatic heterocycles.